The number of hydrogen-bond donors (Lipinski definition) is 1. The van der Waals surface area contributed by atoms with Crippen LogP contribution in [-0.4, -0.2) is 56.7 Å². The molecular formula is C23H28ClN5O2. The third-order valence-corrected chi connectivity index (χ3v) is 6.76. The Morgan fingerprint density at radius 1 is 1.16 bits per heavy atom. The first-order valence-electron chi connectivity index (χ1n) is 10.6. The van der Waals surface area contributed by atoms with Crippen LogP contribution in [0.15, 0.2) is 42.7 Å². The van der Waals surface area contributed by atoms with Gasteiger partial charge in [0.15, 0.2) is 5.82 Å². The Kier molecular flexibility index (Phi) is 5.79. The summed E-state index contributed by atoms with van der Waals surface area (Å²) >= 11 is 6.13. The van der Waals surface area contributed by atoms with Gasteiger partial charge in [-0.3, -0.25) is 4.79 Å². The van der Waals surface area contributed by atoms with Crippen molar-refractivity contribution in [2.75, 3.05) is 25.0 Å². The molecule has 0 radical (unpaired) electrons. The monoisotopic (exact) mass is 441 g/mol. The maximum Gasteiger partial charge on any atom is 0.344 e. The van der Waals surface area contributed by atoms with Crippen molar-refractivity contribution in [2.24, 2.45) is 0 Å². The van der Waals surface area contributed by atoms with Gasteiger partial charge in [-0.1, -0.05) is 18.2 Å². The molecule has 0 saturated carbocycles. The first kappa shape index (κ1) is 21.4. The third kappa shape index (κ3) is 4.19. The van der Waals surface area contributed by atoms with Crippen LogP contribution in [0.4, 0.5) is 10.6 Å². The lowest BCUT2D eigenvalue weighted by Crippen LogP contribution is -2.55. The van der Waals surface area contributed by atoms with Gasteiger partial charge in [-0.2, -0.15) is 4.68 Å². The molecule has 3 heterocycles. The first-order chi connectivity index (χ1) is 14.8. The topological polar surface area (TPSA) is 70.5 Å². The molecule has 1 aromatic carbocycles. The molecule has 2 amide bonds. The molecular weight excluding hydrogens is 414 g/mol. The average Bonchev–Trinajstić information content (AvgIpc) is 3.36. The van der Waals surface area contributed by atoms with Gasteiger partial charge in [-0.25, -0.2) is 4.79 Å². The molecule has 2 fully saturated rings. The Morgan fingerprint density at radius 3 is 2.58 bits per heavy atom. The van der Waals surface area contributed by atoms with Gasteiger partial charge in [0.05, 0.1) is 0 Å². The minimum absolute atomic E-state index is 0.0552. The van der Waals surface area contributed by atoms with Crippen molar-refractivity contribution in [3.05, 3.63) is 58.9 Å². The molecule has 1 aromatic heterocycles. The maximum atomic E-state index is 13.3. The second kappa shape index (κ2) is 8.38. The molecule has 8 heteroatoms. The number of rotatable bonds is 3. The van der Waals surface area contributed by atoms with Gasteiger partial charge in [0.1, 0.15) is 0 Å². The number of likely N-dealkylation sites (tertiary alicyclic amines) is 2. The highest BCUT2D eigenvalue weighted by Gasteiger charge is 2.46. The van der Waals surface area contributed by atoms with Crippen LogP contribution < -0.4 is 5.32 Å². The van der Waals surface area contributed by atoms with E-state index in [9.17, 15) is 9.59 Å². The van der Waals surface area contributed by atoms with Crippen molar-refractivity contribution >= 4 is 29.4 Å². The lowest BCUT2D eigenvalue weighted by molar-refractivity contribution is 0.0420. The minimum Gasteiger partial charge on any atom is -0.343 e. The molecule has 0 bridgehead atoms. The van der Waals surface area contributed by atoms with E-state index in [1.165, 1.54) is 4.68 Å². The molecule has 1 spiro atoms. The van der Waals surface area contributed by atoms with Crippen LogP contribution in [0.1, 0.15) is 48.5 Å². The minimum atomic E-state index is -0.182. The van der Waals surface area contributed by atoms with Crippen LogP contribution in [0.25, 0.3) is 0 Å². The number of anilines is 1. The fourth-order valence-corrected chi connectivity index (χ4v) is 4.80. The number of nitrogens with zero attached hydrogens (tertiary/aromatic N) is 4. The van der Waals surface area contributed by atoms with Crippen LogP contribution in [0.3, 0.4) is 0 Å². The predicted octanol–water partition coefficient (Wildman–Crippen LogP) is 4.53. The fourth-order valence-electron chi connectivity index (χ4n) is 4.68. The summed E-state index contributed by atoms with van der Waals surface area (Å²) in [5, 5.41) is 7.97. The van der Waals surface area contributed by atoms with E-state index >= 15 is 0 Å². The van der Waals surface area contributed by atoms with Crippen molar-refractivity contribution in [1.82, 2.24) is 19.6 Å². The van der Waals surface area contributed by atoms with Gasteiger partial charge in [0, 0.05) is 53.7 Å². The summed E-state index contributed by atoms with van der Waals surface area (Å²) < 4.78 is 1.36. The largest absolute Gasteiger partial charge is 0.344 e. The third-order valence-electron chi connectivity index (χ3n) is 6.34. The van der Waals surface area contributed by atoms with Gasteiger partial charge in [-0.05, 0) is 63.3 Å². The number of aromatic nitrogens is 2. The number of nitrogens with one attached hydrogen (secondary N) is 1. The van der Waals surface area contributed by atoms with E-state index in [1.54, 1.807) is 24.4 Å². The van der Waals surface area contributed by atoms with E-state index in [2.05, 4.69) is 17.0 Å². The number of aryl methyl sites for hydroxylation is 1. The SMILES string of the molecule is C=C(C)Nc1ccn(C(=O)N2CCC3(CCCN3C(=O)c3ccc(Cl)c(C)c3)CC2)n1. The zero-order valence-corrected chi connectivity index (χ0v) is 18.8. The molecule has 2 aliphatic heterocycles. The quantitative estimate of drug-likeness (QED) is 0.759. The Bertz CT molecular complexity index is 1020. The Morgan fingerprint density at radius 2 is 1.90 bits per heavy atom. The number of carbonyl (C=O) groups is 2. The van der Waals surface area contributed by atoms with E-state index in [1.807, 2.05) is 29.7 Å². The summed E-state index contributed by atoms with van der Waals surface area (Å²) in [6, 6.07) is 7.06. The van der Waals surface area contributed by atoms with Crippen LogP contribution >= 0.6 is 11.6 Å². The molecule has 0 unspecified atom stereocenters. The molecule has 1 N–H and O–H groups in total. The van der Waals surface area contributed by atoms with Crippen LogP contribution in [0, 0.1) is 6.92 Å². The van der Waals surface area contributed by atoms with E-state index < -0.39 is 0 Å². The number of piperidine rings is 1. The molecule has 164 valence electrons. The summed E-state index contributed by atoms with van der Waals surface area (Å²) in [4.78, 5) is 30.0. The lowest BCUT2D eigenvalue weighted by atomic mass is 9.84. The van der Waals surface area contributed by atoms with Crippen LogP contribution in [-0.2, 0) is 0 Å². The molecule has 2 saturated heterocycles. The standard InChI is InChI=1S/C23H28ClN5O2/c1-16(2)25-20-7-12-29(26-20)22(31)27-13-9-23(10-14-27)8-4-11-28(23)21(30)18-5-6-19(24)17(3)15-18/h5-7,12,15H,1,4,8-11,13-14H2,2-3H3,(H,25,26). The van der Waals surface area contributed by atoms with Crippen molar-refractivity contribution in [2.45, 2.75) is 45.1 Å². The fraction of sp³-hybridized carbons (Fsp3) is 0.435. The number of benzene rings is 1. The molecule has 0 atom stereocenters. The van der Waals surface area contributed by atoms with Crippen LogP contribution in [0.5, 0.6) is 0 Å². The number of hydrogen-bond acceptors (Lipinski definition) is 4. The van der Waals surface area contributed by atoms with Crippen LogP contribution in [0.2, 0.25) is 5.02 Å². The zero-order chi connectivity index (χ0) is 22.2. The maximum absolute atomic E-state index is 13.3. The summed E-state index contributed by atoms with van der Waals surface area (Å²) in [6.45, 7) is 9.50. The summed E-state index contributed by atoms with van der Waals surface area (Å²) in [5.41, 5.74) is 2.16. The van der Waals surface area contributed by atoms with Crippen molar-refractivity contribution in [3.63, 3.8) is 0 Å². The van der Waals surface area contributed by atoms with Crippen molar-refractivity contribution in [3.8, 4) is 0 Å². The highest BCUT2D eigenvalue weighted by molar-refractivity contribution is 6.31. The smallest absolute Gasteiger partial charge is 0.343 e. The average molecular weight is 442 g/mol. The summed E-state index contributed by atoms with van der Waals surface area (Å²) in [6.07, 6.45) is 5.17. The van der Waals surface area contributed by atoms with Gasteiger partial charge in [-0.15, -0.1) is 5.10 Å². The molecule has 31 heavy (non-hydrogen) atoms. The highest BCUT2D eigenvalue weighted by atomic mass is 35.5. The Labute approximate surface area is 187 Å². The van der Waals surface area contributed by atoms with E-state index in [-0.39, 0.29) is 17.5 Å². The predicted molar refractivity (Wildman–Crippen MR) is 121 cm³/mol. The Hall–Kier alpha value is -2.80. The number of allylic oxidation sites excluding steroid dienone is 1. The first-order valence-corrected chi connectivity index (χ1v) is 11.0. The molecule has 0 aliphatic carbocycles. The van der Waals surface area contributed by atoms with Crippen molar-refractivity contribution < 1.29 is 9.59 Å². The Balaban J connectivity index is 1.44. The van der Waals surface area contributed by atoms with Gasteiger partial charge < -0.3 is 15.1 Å². The van der Waals surface area contributed by atoms with Gasteiger partial charge in [0.2, 0.25) is 0 Å². The van der Waals surface area contributed by atoms with E-state index in [0.717, 1.165) is 43.5 Å². The highest BCUT2D eigenvalue weighted by Crippen LogP contribution is 2.39. The van der Waals surface area contributed by atoms with Gasteiger partial charge >= 0.3 is 6.03 Å². The second-order valence-corrected chi connectivity index (χ2v) is 8.98. The molecule has 4 rings (SSSR count). The van der Waals surface area contributed by atoms with Crippen molar-refractivity contribution in [1.29, 1.82) is 0 Å². The number of amides is 2. The zero-order valence-electron chi connectivity index (χ0n) is 18.0. The summed E-state index contributed by atoms with van der Waals surface area (Å²) in [5.74, 6) is 0.653. The van der Waals surface area contributed by atoms with E-state index in [4.69, 9.17) is 11.6 Å². The summed E-state index contributed by atoms with van der Waals surface area (Å²) in [7, 11) is 0. The molecule has 2 aliphatic rings. The number of carbonyl (C=O) groups excluding carboxylic acids is 2. The van der Waals surface area contributed by atoms with Gasteiger partial charge in [0.25, 0.3) is 5.91 Å². The normalized spacial score (nSPS) is 17.8. The molecule has 2 aromatic rings. The van der Waals surface area contributed by atoms with E-state index in [0.29, 0.717) is 29.5 Å². The molecule has 7 nitrogen and oxygen atoms in total. The number of halogens is 1. The second-order valence-electron chi connectivity index (χ2n) is 8.57. The lowest BCUT2D eigenvalue weighted by Gasteiger charge is -2.44.